The maximum Gasteiger partial charge on any atom is 0.336 e. The number of esters is 1. The molecule has 1 aliphatic carbocycles. The Morgan fingerprint density at radius 1 is 1.21 bits per heavy atom. The Kier molecular flexibility index (Phi) is 5.36. The molecule has 2 atom stereocenters. The summed E-state index contributed by atoms with van der Waals surface area (Å²) in [4.78, 5) is 26.0. The molecule has 0 saturated carbocycles. The van der Waals surface area contributed by atoms with E-state index in [1.165, 1.54) is 0 Å². The standard InChI is InChI=1S/C23H27NO4/c1-14-7-3-4-9-17(14)21-20(23(26)28-13-16-8-6-12-27-16)15(2)24-18-10-5-11-19(25)22(18)21/h3-4,7,9,16,21,24H,5-6,8,10-13H2,1-2H3/t16-,21+/m0/s1. The molecule has 0 radical (unpaired) electrons. The summed E-state index contributed by atoms with van der Waals surface area (Å²) < 4.78 is 11.2. The second kappa shape index (κ2) is 7.92. The first-order valence-corrected chi connectivity index (χ1v) is 10.1. The molecular weight excluding hydrogens is 354 g/mol. The highest BCUT2D eigenvalue weighted by Gasteiger charge is 2.39. The molecule has 0 spiro atoms. The summed E-state index contributed by atoms with van der Waals surface area (Å²) in [7, 11) is 0. The van der Waals surface area contributed by atoms with Gasteiger partial charge in [0.1, 0.15) is 6.61 Å². The lowest BCUT2D eigenvalue weighted by molar-refractivity contribution is -0.142. The Labute approximate surface area is 165 Å². The summed E-state index contributed by atoms with van der Waals surface area (Å²) in [5.41, 5.74) is 5.07. The number of carbonyl (C=O) groups excluding carboxylic acids is 2. The molecule has 2 aliphatic heterocycles. The first kappa shape index (κ1) is 18.9. The van der Waals surface area contributed by atoms with Gasteiger partial charge in [-0.05, 0) is 50.7 Å². The second-order valence-electron chi connectivity index (χ2n) is 7.86. The predicted octanol–water partition coefficient (Wildman–Crippen LogP) is 3.69. The quantitative estimate of drug-likeness (QED) is 0.806. The van der Waals surface area contributed by atoms with Gasteiger partial charge in [-0.3, -0.25) is 4.79 Å². The molecule has 0 unspecified atom stereocenters. The van der Waals surface area contributed by atoms with E-state index in [-0.39, 0.29) is 30.4 Å². The highest BCUT2D eigenvalue weighted by Crippen LogP contribution is 2.43. The number of ketones is 1. The van der Waals surface area contributed by atoms with E-state index < -0.39 is 0 Å². The lowest BCUT2D eigenvalue weighted by atomic mass is 9.74. The number of Topliss-reactive ketones (excluding diaryl/α,β-unsaturated/α-hetero) is 1. The second-order valence-corrected chi connectivity index (χ2v) is 7.86. The number of dihydropyridines is 1. The largest absolute Gasteiger partial charge is 0.459 e. The van der Waals surface area contributed by atoms with E-state index in [1.807, 2.05) is 38.1 Å². The van der Waals surface area contributed by atoms with Gasteiger partial charge in [0.15, 0.2) is 5.78 Å². The van der Waals surface area contributed by atoms with Gasteiger partial charge in [0.2, 0.25) is 0 Å². The van der Waals surface area contributed by atoms with E-state index in [0.29, 0.717) is 12.0 Å². The molecule has 1 N–H and O–H groups in total. The minimum Gasteiger partial charge on any atom is -0.459 e. The lowest BCUT2D eigenvalue weighted by Crippen LogP contribution is -2.35. The van der Waals surface area contributed by atoms with Crippen molar-refractivity contribution in [3.8, 4) is 0 Å². The van der Waals surface area contributed by atoms with Gasteiger partial charge < -0.3 is 14.8 Å². The fraction of sp³-hybridized carbons (Fsp3) is 0.478. The zero-order chi connectivity index (χ0) is 19.7. The van der Waals surface area contributed by atoms with E-state index >= 15 is 0 Å². The van der Waals surface area contributed by atoms with Gasteiger partial charge >= 0.3 is 5.97 Å². The SMILES string of the molecule is CC1=C(C(=O)OC[C@@H]2CCCO2)[C@@H](c2ccccc2C)C2=C(CCCC2=O)N1. The predicted molar refractivity (Wildman–Crippen MR) is 106 cm³/mol. The van der Waals surface area contributed by atoms with Crippen LogP contribution in [0.25, 0.3) is 0 Å². The maximum atomic E-state index is 13.1. The van der Waals surface area contributed by atoms with Gasteiger partial charge in [0.25, 0.3) is 0 Å². The summed E-state index contributed by atoms with van der Waals surface area (Å²) in [6.45, 7) is 4.91. The minimum absolute atomic E-state index is 0.0237. The fourth-order valence-corrected chi connectivity index (χ4v) is 4.50. The van der Waals surface area contributed by atoms with Crippen LogP contribution in [0.1, 0.15) is 56.1 Å². The molecule has 1 aromatic rings. The summed E-state index contributed by atoms with van der Waals surface area (Å²) in [5, 5.41) is 3.33. The molecule has 3 aliphatic rings. The van der Waals surface area contributed by atoms with E-state index in [9.17, 15) is 9.59 Å². The summed E-state index contributed by atoms with van der Waals surface area (Å²) in [6, 6.07) is 7.97. The Morgan fingerprint density at radius 2 is 2.04 bits per heavy atom. The van der Waals surface area contributed by atoms with Crippen molar-refractivity contribution in [1.82, 2.24) is 5.32 Å². The molecule has 0 aromatic heterocycles. The van der Waals surface area contributed by atoms with E-state index in [0.717, 1.165) is 60.4 Å². The van der Waals surface area contributed by atoms with Crippen LogP contribution in [0.15, 0.2) is 46.8 Å². The van der Waals surface area contributed by atoms with Crippen LogP contribution in [-0.2, 0) is 19.1 Å². The average Bonchev–Trinajstić information content (AvgIpc) is 3.19. The van der Waals surface area contributed by atoms with Crippen LogP contribution in [0.5, 0.6) is 0 Å². The van der Waals surface area contributed by atoms with Gasteiger partial charge in [0.05, 0.1) is 11.7 Å². The highest BCUT2D eigenvalue weighted by molar-refractivity contribution is 6.03. The van der Waals surface area contributed by atoms with E-state index in [4.69, 9.17) is 9.47 Å². The number of ether oxygens (including phenoxy) is 2. The van der Waals surface area contributed by atoms with Crippen LogP contribution in [0.3, 0.4) is 0 Å². The van der Waals surface area contributed by atoms with Crippen LogP contribution in [0.2, 0.25) is 0 Å². The number of carbonyl (C=O) groups is 2. The van der Waals surface area contributed by atoms with Crippen molar-refractivity contribution in [1.29, 1.82) is 0 Å². The first-order chi connectivity index (χ1) is 13.6. The third-order valence-corrected chi connectivity index (χ3v) is 5.92. The van der Waals surface area contributed by atoms with Gasteiger partial charge in [-0.1, -0.05) is 24.3 Å². The van der Waals surface area contributed by atoms with E-state index in [2.05, 4.69) is 5.32 Å². The van der Waals surface area contributed by atoms with Crippen molar-refractivity contribution in [2.75, 3.05) is 13.2 Å². The molecule has 148 valence electrons. The number of hydrogen-bond donors (Lipinski definition) is 1. The number of hydrogen-bond acceptors (Lipinski definition) is 5. The molecule has 1 aromatic carbocycles. The van der Waals surface area contributed by atoms with Crippen LogP contribution in [-0.4, -0.2) is 31.1 Å². The Balaban J connectivity index is 1.71. The van der Waals surface area contributed by atoms with Gasteiger partial charge in [0, 0.05) is 35.9 Å². The van der Waals surface area contributed by atoms with Crippen LogP contribution in [0.4, 0.5) is 0 Å². The fourth-order valence-electron chi connectivity index (χ4n) is 4.50. The van der Waals surface area contributed by atoms with Gasteiger partial charge in [-0.2, -0.15) is 0 Å². The summed E-state index contributed by atoms with van der Waals surface area (Å²) >= 11 is 0. The van der Waals surface area contributed by atoms with Crippen LogP contribution < -0.4 is 5.32 Å². The Bertz CT molecular complexity index is 861. The van der Waals surface area contributed by atoms with E-state index in [1.54, 1.807) is 0 Å². The summed E-state index contributed by atoms with van der Waals surface area (Å²) in [6.07, 6.45) is 4.10. The van der Waals surface area contributed by atoms with Crippen molar-refractivity contribution in [2.45, 2.75) is 58.0 Å². The lowest BCUT2D eigenvalue weighted by Gasteiger charge is -2.34. The number of rotatable bonds is 4. The smallest absolute Gasteiger partial charge is 0.336 e. The van der Waals surface area contributed by atoms with Crippen molar-refractivity contribution >= 4 is 11.8 Å². The van der Waals surface area contributed by atoms with Crippen molar-refractivity contribution in [3.63, 3.8) is 0 Å². The molecule has 0 bridgehead atoms. The van der Waals surface area contributed by atoms with Crippen LogP contribution >= 0.6 is 0 Å². The number of aryl methyl sites for hydroxylation is 1. The number of nitrogens with one attached hydrogen (secondary N) is 1. The summed E-state index contributed by atoms with van der Waals surface area (Å²) in [5.74, 6) is -0.611. The molecule has 5 heteroatoms. The highest BCUT2D eigenvalue weighted by atomic mass is 16.6. The normalized spacial score (nSPS) is 24.9. The minimum atomic E-state index is -0.373. The molecule has 28 heavy (non-hydrogen) atoms. The zero-order valence-corrected chi connectivity index (χ0v) is 16.5. The first-order valence-electron chi connectivity index (χ1n) is 10.1. The third kappa shape index (κ3) is 3.51. The Morgan fingerprint density at radius 3 is 2.79 bits per heavy atom. The Hall–Kier alpha value is -2.40. The molecule has 1 fully saturated rings. The average molecular weight is 381 g/mol. The molecule has 2 heterocycles. The number of benzene rings is 1. The third-order valence-electron chi connectivity index (χ3n) is 5.92. The molecule has 0 amide bonds. The van der Waals surface area contributed by atoms with Crippen molar-refractivity contribution in [3.05, 3.63) is 57.9 Å². The topological polar surface area (TPSA) is 64.6 Å². The monoisotopic (exact) mass is 381 g/mol. The molecule has 5 nitrogen and oxygen atoms in total. The van der Waals surface area contributed by atoms with Crippen LogP contribution in [0, 0.1) is 6.92 Å². The molecule has 1 saturated heterocycles. The number of allylic oxidation sites excluding steroid dienone is 3. The van der Waals surface area contributed by atoms with Gasteiger partial charge in [-0.15, -0.1) is 0 Å². The van der Waals surface area contributed by atoms with Gasteiger partial charge in [-0.25, -0.2) is 4.79 Å². The van der Waals surface area contributed by atoms with Crippen molar-refractivity contribution in [2.24, 2.45) is 0 Å². The molecule has 4 rings (SSSR count). The maximum absolute atomic E-state index is 13.1. The van der Waals surface area contributed by atoms with Crippen molar-refractivity contribution < 1.29 is 19.1 Å². The molecular formula is C23H27NO4. The zero-order valence-electron chi connectivity index (χ0n) is 16.5.